The SMILES string of the molecule is C=CCC(CCC1(C(C)CCC)CC(C)CC1CCCCC)CC(CC)C(C)C. The predicted octanol–water partition coefficient (Wildman–Crippen LogP) is 10.1. The highest BCUT2D eigenvalue weighted by Gasteiger charge is 2.48. The summed E-state index contributed by atoms with van der Waals surface area (Å²) >= 11 is 0. The van der Waals surface area contributed by atoms with Gasteiger partial charge in [0.1, 0.15) is 0 Å². The molecule has 1 aliphatic carbocycles. The average molecular weight is 405 g/mol. The molecule has 29 heavy (non-hydrogen) atoms. The van der Waals surface area contributed by atoms with Crippen molar-refractivity contribution in [3.05, 3.63) is 12.7 Å². The number of hydrogen-bond donors (Lipinski definition) is 0. The van der Waals surface area contributed by atoms with E-state index < -0.39 is 0 Å². The Hall–Kier alpha value is -0.260. The molecule has 6 unspecified atom stereocenters. The fraction of sp³-hybridized carbons (Fsp3) is 0.931. The third-order valence-electron chi connectivity index (χ3n) is 8.71. The molecular weight excluding hydrogens is 348 g/mol. The quantitative estimate of drug-likeness (QED) is 0.177. The number of rotatable bonds is 16. The molecule has 0 aromatic heterocycles. The molecular formula is C29H56. The van der Waals surface area contributed by atoms with Crippen LogP contribution in [0.25, 0.3) is 0 Å². The van der Waals surface area contributed by atoms with E-state index in [1.165, 1.54) is 83.5 Å². The van der Waals surface area contributed by atoms with Gasteiger partial charge in [-0.1, -0.05) is 93.1 Å². The van der Waals surface area contributed by atoms with Gasteiger partial charge in [0.05, 0.1) is 0 Å². The molecule has 0 spiro atoms. The van der Waals surface area contributed by atoms with Crippen LogP contribution in [0.1, 0.15) is 132 Å². The lowest BCUT2D eigenvalue weighted by Crippen LogP contribution is -2.34. The molecule has 0 heteroatoms. The lowest BCUT2D eigenvalue weighted by molar-refractivity contribution is 0.0692. The fourth-order valence-electron chi connectivity index (χ4n) is 6.92. The maximum atomic E-state index is 4.12. The lowest BCUT2D eigenvalue weighted by Gasteiger charge is -2.43. The zero-order chi connectivity index (χ0) is 21.9. The molecule has 1 fully saturated rings. The zero-order valence-electron chi connectivity index (χ0n) is 21.4. The van der Waals surface area contributed by atoms with Gasteiger partial charge in [0.15, 0.2) is 0 Å². The molecule has 1 saturated carbocycles. The van der Waals surface area contributed by atoms with Gasteiger partial charge < -0.3 is 0 Å². The summed E-state index contributed by atoms with van der Waals surface area (Å²) in [6, 6.07) is 0. The van der Waals surface area contributed by atoms with Crippen LogP contribution in [0.15, 0.2) is 12.7 Å². The van der Waals surface area contributed by atoms with Crippen molar-refractivity contribution in [3.63, 3.8) is 0 Å². The predicted molar refractivity (Wildman–Crippen MR) is 133 cm³/mol. The summed E-state index contributed by atoms with van der Waals surface area (Å²) in [5, 5.41) is 0. The summed E-state index contributed by atoms with van der Waals surface area (Å²) in [6.45, 7) is 21.3. The van der Waals surface area contributed by atoms with Crippen molar-refractivity contribution in [2.24, 2.45) is 40.9 Å². The first kappa shape index (κ1) is 26.8. The summed E-state index contributed by atoms with van der Waals surface area (Å²) in [6.07, 6.45) is 20.6. The highest BCUT2D eigenvalue weighted by Crippen LogP contribution is 2.57. The summed E-state index contributed by atoms with van der Waals surface area (Å²) in [5.74, 6) is 5.33. The Morgan fingerprint density at radius 1 is 1.03 bits per heavy atom. The lowest BCUT2D eigenvalue weighted by atomic mass is 9.62. The molecule has 0 N–H and O–H groups in total. The Bertz CT molecular complexity index is 422. The van der Waals surface area contributed by atoms with E-state index >= 15 is 0 Å². The Balaban J connectivity index is 2.95. The Labute approximate surface area is 185 Å². The molecule has 0 aromatic carbocycles. The van der Waals surface area contributed by atoms with E-state index in [1.54, 1.807) is 0 Å². The minimum atomic E-state index is 0.613. The van der Waals surface area contributed by atoms with Crippen molar-refractivity contribution in [2.75, 3.05) is 0 Å². The molecule has 1 aliphatic rings. The molecule has 0 aliphatic heterocycles. The molecule has 172 valence electrons. The van der Waals surface area contributed by atoms with Gasteiger partial charge in [0.25, 0.3) is 0 Å². The van der Waals surface area contributed by atoms with Crippen LogP contribution in [0.4, 0.5) is 0 Å². The van der Waals surface area contributed by atoms with Crippen molar-refractivity contribution in [1.82, 2.24) is 0 Å². The molecule has 0 bridgehead atoms. The molecule has 0 amide bonds. The van der Waals surface area contributed by atoms with Crippen LogP contribution in [-0.4, -0.2) is 0 Å². The van der Waals surface area contributed by atoms with E-state index in [0.29, 0.717) is 5.41 Å². The van der Waals surface area contributed by atoms with Crippen molar-refractivity contribution in [2.45, 2.75) is 132 Å². The summed E-state index contributed by atoms with van der Waals surface area (Å²) in [5.41, 5.74) is 0.613. The molecule has 0 saturated heterocycles. The Morgan fingerprint density at radius 3 is 2.31 bits per heavy atom. The van der Waals surface area contributed by atoms with Gasteiger partial charge in [-0.15, -0.1) is 6.58 Å². The van der Waals surface area contributed by atoms with Crippen LogP contribution >= 0.6 is 0 Å². The van der Waals surface area contributed by atoms with Gasteiger partial charge in [-0.3, -0.25) is 0 Å². The minimum absolute atomic E-state index is 0.613. The van der Waals surface area contributed by atoms with E-state index in [2.05, 4.69) is 61.1 Å². The van der Waals surface area contributed by atoms with Gasteiger partial charge in [-0.05, 0) is 85.9 Å². The van der Waals surface area contributed by atoms with Crippen molar-refractivity contribution < 1.29 is 0 Å². The Kier molecular flexibility index (Phi) is 12.9. The molecule has 0 aromatic rings. The van der Waals surface area contributed by atoms with E-state index in [4.69, 9.17) is 0 Å². The summed E-state index contributed by atoms with van der Waals surface area (Å²) in [4.78, 5) is 0. The maximum absolute atomic E-state index is 4.12. The van der Waals surface area contributed by atoms with Crippen LogP contribution in [0.5, 0.6) is 0 Å². The van der Waals surface area contributed by atoms with Crippen molar-refractivity contribution in [3.8, 4) is 0 Å². The maximum Gasteiger partial charge on any atom is -0.0241 e. The second kappa shape index (κ2) is 13.9. The first-order chi connectivity index (χ1) is 13.8. The zero-order valence-corrected chi connectivity index (χ0v) is 21.4. The van der Waals surface area contributed by atoms with E-state index in [0.717, 1.165) is 35.5 Å². The third kappa shape index (κ3) is 8.06. The standard InChI is InChI=1S/C29H56/c1-9-13-14-17-28-20-24(7)22-29(28,25(8)15-10-2)19-18-26(16-11-3)21-27(12-4)23(5)6/h11,23-28H,3,9-10,12-22H2,1-2,4-8H3. The van der Waals surface area contributed by atoms with Gasteiger partial charge in [0.2, 0.25) is 0 Å². The van der Waals surface area contributed by atoms with Crippen molar-refractivity contribution in [1.29, 1.82) is 0 Å². The van der Waals surface area contributed by atoms with Gasteiger partial charge in [-0.25, -0.2) is 0 Å². The van der Waals surface area contributed by atoms with Crippen LogP contribution in [0, 0.1) is 40.9 Å². The van der Waals surface area contributed by atoms with Crippen LogP contribution in [-0.2, 0) is 0 Å². The van der Waals surface area contributed by atoms with E-state index in [1.807, 2.05) is 0 Å². The van der Waals surface area contributed by atoms with Crippen LogP contribution in [0.3, 0.4) is 0 Å². The molecule has 0 nitrogen and oxygen atoms in total. The number of unbranched alkanes of at least 4 members (excludes halogenated alkanes) is 2. The Morgan fingerprint density at radius 2 is 1.76 bits per heavy atom. The fourth-order valence-corrected chi connectivity index (χ4v) is 6.92. The monoisotopic (exact) mass is 404 g/mol. The first-order valence-electron chi connectivity index (χ1n) is 13.4. The number of allylic oxidation sites excluding steroid dienone is 1. The average Bonchev–Trinajstić information content (AvgIpc) is 3.00. The third-order valence-corrected chi connectivity index (χ3v) is 8.71. The molecule has 0 heterocycles. The highest BCUT2D eigenvalue weighted by atomic mass is 14.5. The van der Waals surface area contributed by atoms with Gasteiger partial charge in [-0.2, -0.15) is 0 Å². The van der Waals surface area contributed by atoms with Crippen LogP contribution in [0.2, 0.25) is 0 Å². The molecule has 1 rings (SSSR count). The van der Waals surface area contributed by atoms with Crippen LogP contribution < -0.4 is 0 Å². The minimum Gasteiger partial charge on any atom is -0.103 e. The molecule has 0 radical (unpaired) electrons. The second-order valence-corrected chi connectivity index (χ2v) is 11.2. The number of hydrogen-bond acceptors (Lipinski definition) is 0. The molecule has 6 atom stereocenters. The summed E-state index contributed by atoms with van der Waals surface area (Å²) < 4.78 is 0. The van der Waals surface area contributed by atoms with Gasteiger partial charge >= 0.3 is 0 Å². The normalized spacial score (nSPS) is 27.9. The van der Waals surface area contributed by atoms with E-state index in [-0.39, 0.29) is 0 Å². The van der Waals surface area contributed by atoms with E-state index in [9.17, 15) is 0 Å². The topological polar surface area (TPSA) is 0 Å². The van der Waals surface area contributed by atoms with Gasteiger partial charge in [0, 0.05) is 0 Å². The van der Waals surface area contributed by atoms with Crippen molar-refractivity contribution >= 4 is 0 Å². The summed E-state index contributed by atoms with van der Waals surface area (Å²) in [7, 11) is 0. The first-order valence-corrected chi connectivity index (χ1v) is 13.4. The largest absolute Gasteiger partial charge is 0.103 e. The smallest absolute Gasteiger partial charge is 0.0241 e. The highest BCUT2D eigenvalue weighted by molar-refractivity contribution is 4.98. The second-order valence-electron chi connectivity index (χ2n) is 11.2.